The van der Waals surface area contributed by atoms with E-state index in [1.807, 2.05) is 60.3 Å². The number of nitrogens with zero attached hydrogens (tertiary/aromatic N) is 4. The third kappa shape index (κ3) is 4.63. The van der Waals surface area contributed by atoms with Gasteiger partial charge in [0.15, 0.2) is 11.0 Å². The summed E-state index contributed by atoms with van der Waals surface area (Å²) in [5.41, 5.74) is 1.94. The Morgan fingerprint density at radius 1 is 1.21 bits per heavy atom. The number of carbonyl (C=O) groups is 1. The lowest BCUT2D eigenvalue weighted by Crippen LogP contribution is -2.36. The number of nitrogens with one attached hydrogen (secondary N) is 1. The van der Waals surface area contributed by atoms with E-state index in [9.17, 15) is 4.79 Å². The summed E-state index contributed by atoms with van der Waals surface area (Å²) in [6.45, 7) is 5.17. The van der Waals surface area contributed by atoms with Gasteiger partial charge in [0.1, 0.15) is 0 Å². The van der Waals surface area contributed by atoms with E-state index >= 15 is 0 Å². The molecule has 0 spiro atoms. The maximum Gasteiger partial charge on any atom is 0.237 e. The molecule has 1 atom stereocenters. The first kappa shape index (κ1) is 19.9. The molecule has 0 aliphatic carbocycles. The van der Waals surface area contributed by atoms with Crippen LogP contribution in [0.25, 0.3) is 10.7 Å². The molecule has 4 rings (SSSR count). The van der Waals surface area contributed by atoms with Crippen LogP contribution in [0.3, 0.4) is 0 Å². The van der Waals surface area contributed by atoms with Gasteiger partial charge in [0.2, 0.25) is 5.91 Å². The second-order valence-corrected chi connectivity index (χ2v) is 8.99. The van der Waals surface area contributed by atoms with Gasteiger partial charge in [-0.1, -0.05) is 17.8 Å². The second-order valence-electron chi connectivity index (χ2n) is 6.74. The van der Waals surface area contributed by atoms with Gasteiger partial charge < -0.3 is 19.5 Å². The zero-order valence-corrected chi connectivity index (χ0v) is 18.0. The van der Waals surface area contributed by atoms with Gasteiger partial charge in [-0.2, -0.15) is 0 Å². The predicted molar refractivity (Wildman–Crippen MR) is 118 cm³/mol. The fraction of sp³-hybridized carbons (Fsp3) is 0.350. The van der Waals surface area contributed by atoms with Crippen LogP contribution in [0.4, 0.5) is 11.4 Å². The van der Waals surface area contributed by atoms with Gasteiger partial charge in [-0.3, -0.25) is 4.79 Å². The lowest BCUT2D eigenvalue weighted by Gasteiger charge is -2.28. The Kier molecular flexibility index (Phi) is 6.17. The predicted octanol–water partition coefficient (Wildman–Crippen LogP) is 3.50. The molecular formula is C20H23N5O2S2. The van der Waals surface area contributed by atoms with E-state index in [4.69, 9.17) is 4.74 Å². The van der Waals surface area contributed by atoms with Crippen LogP contribution in [0.2, 0.25) is 0 Å². The number of ether oxygens (including phenoxy) is 1. The molecule has 1 aliphatic heterocycles. The number of hydrogen-bond donors (Lipinski definition) is 1. The Labute approximate surface area is 178 Å². The van der Waals surface area contributed by atoms with E-state index in [1.54, 1.807) is 11.3 Å². The number of amides is 1. The summed E-state index contributed by atoms with van der Waals surface area (Å²) in [7, 11) is 1.92. The SMILES string of the molecule is CC(Sc1nnc(-c2cccs2)n1C)C(=O)Nc1ccc(N2CCOCC2)cc1. The highest BCUT2D eigenvalue weighted by atomic mass is 32.2. The fourth-order valence-corrected chi connectivity index (χ4v) is 4.63. The van der Waals surface area contributed by atoms with E-state index in [0.29, 0.717) is 0 Å². The first-order valence-corrected chi connectivity index (χ1v) is 11.2. The Bertz CT molecular complexity index is 950. The first-order chi connectivity index (χ1) is 14.1. The van der Waals surface area contributed by atoms with E-state index in [1.165, 1.54) is 11.8 Å². The van der Waals surface area contributed by atoms with Gasteiger partial charge >= 0.3 is 0 Å². The minimum atomic E-state index is -0.298. The third-order valence-electron chi connectivity index (χ3n) is 4.74. The summed E-state index contributed by atoms with van der Waals surface area (Å²) in [5, 5.41) is 13.9. The number of rotatable bonds is 6. The van der Waals surface area contributed by atoms with Crippen molar-refractivity contribution in [2.24, 2.45) is 7.05 Å². The smallest absolute Gasteiger partial charge is 0.237 e. The number of carbonyl (C=O) groups excluding carboxylic acids is 1. The third-order valence-corrected chi connectivity index (χ3v) is 6.74. The second kappa shape index (κ2) is 8.98. The van der Waals surface area contributed by atoms with Gasteiger partial charge in [0, 0.05) is 31.5 Å². The van der Waals surface area contributed by atoms with Crippen molar-refractivity contribution in [3.63, 3.8) is 0 Å². The molecule has 0 radical (unpaired) electrons. The zero-order chi connectivity index (χ0) is 20.2. The van der Waals surface area contributed by atoms with Crippen molar-refractivity contribution < 1.29 is 9.53 Å². The Balaban J connectivity index is 1.36. The molecule has 7 nitrogen and oxygen atoms in total. The van der Waals surface area contributed by atoms with Crippen molar-refractivity contribution in [3.05, 3.63) is 41.8 Å². The molecule has 1 unspecified atom stereocenters. The minimum absolute atomic E-state index is 0.0604. The molecule has 0 saturated carbocycles. The van der Waals surface area contributed by atoms with Crippen molar-refractivity contribution in [3.8, 4) is 10.7 Å². The van der Waals surface area contributed by atoms with Gasteiger partial charge in [0.05, 0.1) is 23.3 Å². The molecule has 1 N–H and O–H groups in total. The van der Waals surface area contributed by atoms with Gasteiger partial charge in [-0.15, -0.1) is 21.5 Å². The molecule has 29 heavy (non-hydrogen) atoms. The maximum absolute atomic E-state index is 12.6. The van der Waals surface area contributed by atoms with Crippen LogP contribution in [0.1, 0.15) is 6.92 Å². The van der Waals surface area contributed by atoms with Crippen molar-refractivity contribution >= 4 is 40.4 Å². The fourth-order valence-electron chi connectivity index (χ4n) is 3.07. The number of hydrogen-bond acceptors (Lipinski definition) is 7. The number of benzene rings is 1. The molecule has 1 fully saturated rings. The van der Waals surface area contributed by atoms with Crippen LogP contribution in [-0.4, -0.2) is 52.2 Å². The van der Waals surface area contributed by atoms with Crippen molar-refractivity contribution in [2.75, 3.05) is 36.5 Å². The Hall–Kier alpha value is -2.36. The van der Waals surface area contributed by atoms with Gasteiger partial charge in [-0.25, -0.2) is 0 Å². The summed E-state index contributed by atoms with van der Waals surface area (Å²) in [4.78, 5) is 16.0. The molecule has 1 aliphatic rings. The van der Waals surface area contributed by atoms with Gasteiger partial charge in [-0.05, 0) is 42.6 Å². The average Bonchev–Trinajstić information content (AvgIpc) is 3.39. The molecular weight excluding hydrogens is 406 g/mol. The molecule has 2 aromatic heterocycles. The standard InChI is InChI=1S/C20H23N5O2S2/c1-14(29-20-23-22-18(24(20)2)17-4-3-13-28-17)19(26)21-15-5-7-16(8-6-15)25-9-11-27-12-10-25/h3-8,13-14H,9-12H2,1-2H3,(H,21,26). The first-order valence-electron chi connectivity index (χ1n) is 9.45. The van der Waals surface area contributed by atoms with Crippen LogP contribution in [0.15, 0.2) is 46.9 Å². The van der Waals surface area contributed by atoms with Crippen molar-refractivity contribution in [2.45, 2.75) is 17.3 Å². The molecule has 1 saturated heterocycles. The minimum Gasteiger partial charge on any atom is -0.378 e. The van der Waals surface area contributed by atoms with Crippen LogP contribution >= 0.6 is 23.1 Å². The van der Waals surface area contributed by atoms with E-state index in [0.717, 1.165) is 53.5 Å². The summed E-state index contributed by atoms with van der Waals surface area (Å²) >= 11 is 3.02. The molecule has 1 amide bonds. The largest absolute Gasteiger partial charge is 0.378 e. The molecule has 9 heteroatoms. The van der Waals surface area contributed by atoms with Crippen molar-refractivity contribution in [1.29, 1.82) is 0 Å². The Morgan fingerprint density at radius 2 is 1.97 bits per heavy atom. The number of aromatic nitrogens is 3. The molecule has 3 heterocycles. The van der Waals surface area contributed by atoms with Gasteiger partial charge in [0.25, 0.3) is 0 Å². The summed E-state index contributed by atoms with van der Waals surface area (Å²) < 4.78 is 7.32. The monoisotopic (exact) mass is 429 g/mol. The highest BCUT2D eigenvalue weighted by Crippen LogP contribution is 2.28. The number of morpholine rings is 1. The van der Waals surface area contributed by atoms with Crippen LogP contribution in [-0.2, 0) is 16.6 Å². The number of anilines is 2. The summed E-state index contributed by atoms with van der Waals surface area (Å²) in [6.07, 6.45) is 0. The lowest BCUT2D eigenvalue weighted by molar-refractivity contribution is -0.115. The van der Waals surface area contributed by atoms with Crippen LogP contribution in [0, 0.1) is 0 Å². The quantitative estimate of drug-likeness (QED) is 0.605. The number of thiophene rings is 1. The van der Waals surface area contributed by atoms with Crippen LogP contribution < -0.4 is 10.2 Å². The lowest BCUT2D eigenvalue weighted by atomic mass is 10.2. The van der Waals surface area contributed by atoms with Crippen LogP contribution in [0.5, 0.6) is 0 Å². The highest BCUT2D eigenvalue weighted by molar-refractivity contribution is 8.00. The molecule has 152 valence electrons. The van der Waals surface area contributed by atoms with E-state index in [-0.39, 0.29) is 11.2 Å². The maximum atomic E-state index is 12.6. The molecule has 0 bridgehead atoms. The summed E-state index contributed by atoms with van der Waals surface area (Å²) in [5.74, 6) is 0.753. The zero-order valence-electron chi connectivity index (χ0n) is 16.4. The highest BCUT2D eigenvalue weighted by Gasteiger charge is 2.20. The number of thioether (sulfide) groups is 1. The average molecular weight is 430 g/mol. The van der Waals surface area contributed by atoms with Crippen molar-refractivity contribution in [1.82, 2.24) is 14.8 Å². The van der Waals surface area contributed by atoms with E-state index < -0.39 is 0 Å². The topological polar surface area (TPSA) is 72.3 Å². The normalized spacial score (nSPS) is 15.3. The van der Waals surface area contributed by atoms with E-state index in [2.05, 4.69) is 20.4 Å². The summed E-state index contributed by atoms with van der Waals surface area (Å²) in [6, 6.07) is 12.0. The molecule has 3 aromatic rings. The molecule has 1 aromatic carbocycles. The Morgan fingerprint density at radius 3 is 2.66 bits per heavy atom.